The van der Waals surface area contributed by atoms with Crippen molar-refractivity contribution in [2.75, 3.05) is 10.7 Å². The van der Waals surface area contributed by atoms with Crippen molar-refractivity contribution in [3.05, 3.63) is 90.8 Å². The number of benzene rings is 2. The molecule has 0 fully saturated rings. The van der Waals surface area contributed by atoms with Crippen LogP contribution in [0, 0.1) is 0 Å². The molecule has 0 saturated carbocycles. The van der Waals surface area contributed by atoms with Crippen LogP contribution >= 0.6 is 0 Å². The first-order valence-electron chi connectivity index (χ1n) is 8.16. The van der Waals surface area contributed by atoms with E-state index in [9.17, 15) is 9.59 Å². The Kier molecular flexibility index (Phi) is 5.57. The van der Waals surface area contributed by atoms with Gasteiger partial charge in [-0.25, -0.2) is 0 Å². The van der Waals surface area contributed by atoms with E-state index in [1.807, 2.05) is 60.7 Å². The maximum Gasteiger partial charge on any atom is 0.290 e. The van der Waals surface area contributed by atoms with Crippen molar-refractivity contribution in [3.63, 3.8) is 0 Å². The first kappa shape index (κ1) is 17.2. The number of carbonyl (C=O) groups is 2. The van der Waals surface area contributed by atoms with E-state index in [1.54, 1.807) is 29.1 Å². The zero-order chi connectivity index (χ0) is 18.2. The van der Waals surface area contributed by atoms with Crippen LogP contribution < -0.4 is 20.7 Å². The Labute approximate surface area is 151 Å². The Balaban J connectivity index is 1.58. The third-order valence-corrected chi connectivity index (χ3v) is 3.60. The number of hydrogen-bond acceptors (Lipinski definition) is 3. The molecule has 0 atom stereocenters. The highest BCUT2D eigenvalue weighted by atomic mass is 16.2. The van der Waals surface area contributed by atoms with Gasteiger partial charge in [-0.1, -0.05) is 36.4 Å². The molecule has 26 heavy (non-hydrogen) atoms. The van der Waals surface area contributed by atoms with Crippen LogP contribution in [0.3, 0.4) is 0 Å². The average molecular weight is 347 g/mol. The Bertz CT molecular complexity index is 883. The fraction of sp³-hybridized carbons (Fsp3) is 0.0500. The summed E-state index contributed by atoms with van der Waals surface area (Å²) < 4.78 is 1.66. The molecular formula is C20H19N4O2+. The molecule has 1 heterocycles. The summed E-state index contributed by atoms with van der Waals surface area (Å²) >= 11 is 0. The van der Waals surface area contributed by atoms with Crippen molar-refractivity contribution < 1.29 is 14.2 Å². The molecule has 1 aromatic heterocycles. The van der Waals surface area contributed by atoms with Gasteiger partial charge in [0.05, 0.1) is 5.69 Å². The van der Waals surface area contributed by atoms with Crippen LogP contribution in [0.5, 0.6) is 0 Å². The van der Waals surface area contributed by atoms with Gasteiger partial charge < -0.3 is 5.32 Å². The van der Waals surface area contributed by atoms with Crippen molar-refractivity contribution in [1.29, 1.82) is 0 Å². The van der Waals surface area contributed by atoms with Crippen molar-refractivity contribution in [2.45, 2.75) is 6.54 Å². The van der Waals surface area contributed by atoms with Crippen molar-refractivity contribution in [1.82, 2.24) is 5.43 Å². The predicted octanol–water partition coefficient (Wildman–Crippen LogP) is 2.37. The van der Waals surface area contributed by atoms with Crippen LogP contribution in [0.1, 0.15) is 10.4 Å². The number of para-hydroxylation sites is 2. The number of pyridine rings is 1. The van der Waals surface area contributed by atoms with Crippen molar-refractivity contribution in [3.8, 4) is 0 Å². The number of anilines is 2. The minimum Gasteiger partial charge on any atom is -0.321 e. The van der Waals surface area contributed by atoms with Gasteiger partial charge in [0, 0.05) is 11.8 Å². The molecule has 0 spiro atoms. The Morgan fingerprint density at radius 1 is 0.808 bits per heavy atom. The molecule has 0 aliphatic carbocycles. The van der Waals surface area contributed by atoms with Crippen molar-refractivity contribution >= 4 is 23.2 Å². The third kappa shape index (κ3) is 4.91. The lowest BCUT2D eigenvalue weighted by Gasteiger charge is -2.07. The third-order valence-electron chi connectivity index (χ3n) is 3.60. The fourth-order valence-corrected chi connectivity index (χ4v) is 2.37. The van der Waals surface area contributed by atoms with Gasteiger partial charge in [-0.3, -0.25) is 20.4 Å². The molecule has 0 aliphatic rings. The number of amides is 2. The molecular weight excluding hydrogens is 328 g/mol. The number of hydrazine groups is 1. The maximum absolute atomic E-state index is 12.3. The molecule has 3 N–H and O–H groups in total. The van der Waals surface area contributed by atoms with E-state index < -0.39 is 0 Å². The van der Waals surface area contributed by atoms with E-state index in [0.717, 1.165) is 11.4 Å². The normalized spacial score (nSPS) is 10.0. The lowest BCUT2D eigenvalue weighted by atomic mass is 10.2. The second-order valence-corrected chi connectivity index (χ2v) is 5.62. The minimum atomic E-state index is -0.285. The zero-order valence-corrected chi connectivity index (χ0v) is 14.1. The smallest absolute Gasteiger partial charge is 0.290 e. The zero-order valence-electron chi connectivity index (χ0n) is 14.1. The summed E-state index contributed by atoms with van der Waals surface area (Å²) in [6.45, 7) is 0.113. The van der Waals surface area contributed by atoms with E-state index >= 15 is 0 Å². The predicted molar refractivity (Wildman–Crippen MR) is 99.2 cm³/mol. The molecule has 2 amide bonds. The number of rotatable bonds is 6. The highest BCUT2D eigenvalue weighted by Crippen LogP contribution is 2.05. The highest BCUT2D eigenvalue weighted by Gasteiger charge is 2.13. The quantitative estimate of drug-likeness (QED) is 0.473. The first-order valence-corrected chi connectivity index (χ1v) is 8.16. The number of hydrogen-bond donors (Lipinski definition) is 3. The van der Waals surface area contributed by atoms with Gasteiger partial charge in [-0.2, -0.15) is 4.57 Å². The molecule has 0 unspecified atom stereocenters. The van der Waals surface area contributed by atoms with E-state index in [1.165, 1.54) is 0 Å². The van der Waals surface area contributed by atoms with Crippen LogP contribution in [-0.2, 0) is 11.3 Å². The molecule has 3 rings (SSSR count). The summed E-state index contributed by atoms with van der Waals surface area (Å²) in [6, 6.07) is 22.0. The number of nitrogens with one attached hydrogen (secondary N) is 3. The summed E-state index contributed by atoms with van der Waals surface area (Å²) in [5, 5.41) is 2.81. The van der Waals surface area contributed by atoms with Gasteiger partial charge in [0.15, 0.2) is 12.4 Å². The summed E-state index contributed by atoms with van der Waals surface area (Å²) in [7, 11) is 0. The molecule has 0 radical (unpaired) electrons. The molecule has 6 heteroatoms. The second kappa shape index (κ2) is 8.43. The minimum absolute atomic E-state index is 0.113. The molecule has 6 nitrogen and oxygen atoms in total. The van der Waals surface area contributed by atoms with Crippen LogP contribution in [0.2, 0.25) is 0 Å². The Morgan fingerprint density at radius 3 is 2.15 bits per heavy atom. The molecule has 3 aromatic rings. The van der Waals surface area contributed by atoms with Crippen LogP contribution in [0.25, 0.3) is 0 Å². The number of aromatic nitrogens is 1. The van der Waals surface area contributed by atoms with E-state index in [4.69, 9.17) is 0 Å². The highest BCUT2D eigenvalue weighted by molar-refractivity contribution is 5.94. The van der Waals surface area contributed by atoms with Gasteiger partial charge in [0.25, 0.3) is 11.8 Å². The summed E-state index contributed by atoms with van der Waals surface area (Å²) in [5.41, 5.74) is 7.45. The molecule has 2 aromatic carbocycles. The monoisotopic (exact) mass is 347 g/mol. The van der Waals surface area contributed by atoms with E-state index in [0.29, 0.717) is 5.56 Å². The Hall–Kier alpha value is -3.67. The second-order valence-electron chi connectivity index (χ2n) is 5.62. The van der Waals surface area contributed by atoms with Crippen LogP contribution in [0.4, 0.5) is 11.4 Å². The lowest BCUT2D eigenvalue weighted by Crippen LogP contribution is -2.41. The van der Waals surface area contributed by atoms with Gasteiger partial charge in [0.2, 0.25) is 6.54 Å². The average Bonchev–Trinajstić information content (AvgIpc) is 2.68. The Morgan fingerprint density at radius 2 is 1.46 bits per heavy atom. The summed E-state index contributed by atoms with van der Waals surface area (Å²) in [4.78, 5) is 24.4. The van der Waals surface area contributed by atoms with Gasteiger partial charge in [-0.15, -0.1) is 0 Å². The lowest BCUT2D eigenvalue weighted by molar-refractivity contribution is -0.684. The van der Waals surface area contributed by atoms with Crippen LogP contribution in [0.15, 0.2) is 85.2 Å². The first-order chi connectivity index (χ1) is 12.7. The number of nitrogens with zero attached hydrogens (tertiary/aromatic N) is 1. The standard InChI is InChI=1S/C20H18N4O2/c25-19(21-17-9-3-1-4-10-17)15-24-13-7-8-16(14-24)20(26)23-22-18-11-5-2-6-12-18/h1-14,22H,15H2,(H-,21,23,25,26)/p+1. The molecule has 0 saturated heterocycles. The summed E-state index contributed by atoms with van der Waals surface area (Å²) in [5.74, 6) is -0.451. The maximum atomic E-state index is 12.3. The topological polar surface area (TPSA) is 74.1 Å². The van der Waals surface area contributed by atoms with Crippen molar-refractivity contribution in [2.24, 2.45) is 0 Å². The van der Waals surface area contributed by atoms with Gasteiger partial charge in [-0.05, 0) is 30.3 Å². The van der Waals surface area contributed by atoms with Gasteiger partial charge in [0.1, 0.15) is 5.56 Å². The molecule has 0 bridgehead atoms. The van der Waals surface area contributed by atoms with Gasteiger partial charge >= 0.3 is 0 Å². The SMILES string of the molecule is O=C(C[n+]1cccc(C(=O)NNc2ccccc2)c1)Nc1ccccc1. The molecule has 130 valence electrons. The molecule has 0 aliphatic heterocycles. The van der Waals surface area contributed by atoms with Crippen LogP contribution in [-0.4, -0.2) is 11.8 Å². The number of carbonyl (C=O) groups excluding carboxylic acids is 2. The summed E-state index contributed by atoms with van der Waals surface area (Å²) in [6.07, 6.45) is 3.37. The van der Waals surface area contributed by atoms with E-state index in [2.05, 4.69) is 16.2 Å². The fourth-order valence-electron chi connectivity index (χ4n) is 2.37. The largest absolute Gasteiger partial charge is 0.321 e. The van der Waals surface area contributed by atoms with E-state index in [-0.39, 0.29) is 18.4 Å².